The summed E-state index contributed by atoms with van der Waals surface area (Å²) in [7, 11) is 1.43. The average Bonchev–Trinajstić information content (AvgIpc) is 2.95. The molecule has 0 N–H and O–H groups in total. The third-order valence-corrected chi connectivity index (χ3v) is 5.02. The Balaban J connectivity index is 2.18. The lowest BCUT2D eigenvalue weighted by Crippen LogP contribution is -2.33. The molecule has 5 heteroatoms. The minimum atomic E-state index is -0.707. The fourth-order valence-electron chi connectivity index (χ4n) is 3.21. The van der Waals surface area contributed by atoms with Gasteiger partial charge in [0.05, 0.1) is 18.0 Å². The van der Waals surface area contributed by atoms with Crippen molar-refractivity contribution in [3.63, 3.8) is 0 Å². The molecule has 124 valence electrons. The van der Waals surface area contributed by atoms with Gasteiger partial charge in [-0.2, -0.15) is 0 Å². The molecule has 0 aliphatic heterocycles. The summed E-state index contributed by atoms with van der Waals surface area (Å²) < 4.78 is 7.83. The number of aromatic nitrogens is 2. The van der Waals surface area contributed by atoms with E-state index in [0.717, 1.165) is 21.2 Å². The van der Waals surface area contributed by atoms with E-state index < -0.39 is 5.41 Å². The fraction of sp³-hybridized carbons (Fsp3) is 0.263. The second kappa shape index (κ2) is 6.40. The van der Waals surface area contributed by atoms with Crippen molar-refractivity contribution in [2.24, 2.45) is 5.41 Å². The number of ether oxygens (including phenoxy) is 1. The highest BCUT2D eigenvalue weighted by molar-refractivity contribution is 9.10. The van der Waals surface area contributed by atoms with Crippen molar-refractivity contribution >= 4 is 27.4 Å². The van der Waals surface area contributed by atoms with Crippen LogP contribution in [-0.4, -0.2) is 22.5 Å². The summed E-state index contributed by atoms with van der Waals surface area (Å²) in [5.41, 5.74) is 2.39. The molecule has 0 spiro atoms. The third kappa shape index (κ3) is 2.84. The number of hydrogen-bond donors (Lipinski definition) is 0. The van der Waals surface area contributed by atoms with Gasteiger partial charge in [0.25, 0.3) is 0 Å². The maximum Gasteiger partial charge on any atom is 0.312 e. The Morgan fingerprint density at radius 1 is 1.17 bits per heavy atom. The molecule has 2 aromatic heterocycles. The Kier molecular flexibility index (Phi) is 4.45. The summed E-state index contributed by atoms with van der Waals surface area (Å²) in [6.07, 6.45) is 3.78. The van der Waals surface area contributed by atoms with E-state index >= 15 is 0 Å². The molecule has 3 rings (SSSR count). The first-order valence-corrected chi connectivity index (χ1v) is 8.50. The Labute approximate surface area is 149 Å². The van der Waals surface area contributed by atoms with E-state index in [4.69, 9.17) is 4.74 Å². The van der Waals surface area contributed by atoms with Gasteiger partial charge in [-0.05, 0) is 47.0 Å². The molecule has 0 saturated heterocycles. The predicted octanol–water partition coefficient (Wildman–Crippen LogP) is 4.43. The monoisotopic (exact) mass is 386 g/mol. The van der Waals surface area contributed by atoms with E-state index in [-0.39, 0.29) is 11.9 Å². The summed E-state index contributed by atoms with van der Waals surface area (Å²) in [6, 6.07) is 14.1. The van der Waals surface area contributed by atoms with E-state index in [1.165, 1.54) is 7.11 Å². The molecule has 0 radical (unpaired) electrons. The van der Waals surface area contributed by atoms with Crippen molar-refractivity contribution < 1.29 is 9.53 Å². The van der Waals surface area contributed by atoms with Crippen molar-refractivity contribution in [2.75, 3.05) is 7.11 Å². The number of hydrogen-bond acceptors (Lipinski definition) is 3. The number of halogens is 1. The minimum Gasteiger partial charge on any atom is -0.469 e. The number of esters is 1. The van der Waals surface area contributed by atoms with E-state index in [1.807, 2.05) is 66.9 Å². The van der Waals surface area contributed by atoms with Crippen LogP contribution in [0.15, 0.2) is 59.6 Å². The molecular weight excluding hydrogens is 368 g/mol. The standard InChI is InChI=1S/C19H19BrN2O2/c1-19(2,18(23)24-3)16(13-7-5-4-6-8-13)14-9-10-15-17(20)21-12-22(15)11-14/h4-12,16H,1-3H3. The van der Waals surface area contributed by atoms with Crippen LogP contribution in [0.3, 0.4) is 0 Å². The van der Waals surface area contributed by atoms with Crippen LogP contribution in [0.4, 0.5) is 0 Å². The van der Waals surface area contributed by atoms with Crippen molar-refractivity contribution in [3.8, 4) is 0 Å². The van der Waals surface area contributed by atoms with Gasteiger partial charge in [-0.1, -0.05) is 36.4 Å². The van der Waals surface area contributed by atoms with Crippen molar-refractivity contribution in [1.29, 1.82) is 0 Å². The maximum absolute atomic E-state index is 12.4. The maximum atomic E-state index is 12.4. The summed E-state index contributed by atoms with van der Waals surface area (Å²) in [6.45, 7) is 3.84. The second-order valence-corrected chi connectivity index (χ2v) is 7.10. The molecule has 2 heterocycles. The minimum absolute atomic E-state index is 0.128. The van der Waals surface area contributed by atoms with Crippen LogP contribution >= 0.6 is 15.9 Å². The lowest BCUT2D eigenvalue weighted by Gasteiger charge is -2.32. The third-order valence-electron chi connectivity index (χ3n) is 4.41. The molecule has 0 bridgehead atoms. The number of rotatable bonds is 4. The quantitative estimate of drug-likeness (QED) is 0.623. The molecule has 1 aromatic carbocycles. The van der Waals surface area contributed by atoms with Gasteiger partial charge in [0.15, 0.2) is 0 Å². The highest BCUT2D eigenvalue weighted by Gasteiger charge is 2.40. The van der Waals surface area contributed by atoms with Crippen LogP contribution in [0.25, 0.3) is 5.52 Å². The van der Waals surface area contributed by atoms with Gasteiger partial charge in [0.1, 0.15) is 10.9 Å². The van der Waals surface area contributed by atoms with Crippen molar-refractivity contribution in [3.05, 3.63) is 70.7 Å². The number of fused-ring (bicyclic) bond motifs is 1. The molecule has 4 nitrogen and oxygen atoms in total. The molecule has 0 fully saturated rings. The zero-order chi connectivity index (χ0) is 17.3. The van der Waals surface area contributed by atoms with Crippen LogP contribution < -0.4 is 0 Å². The Hall–Kier alpha value is -2.14. The van der Waals surface area contributed by atoms with Gasteiger partial charge in [0, 0.05) is 12.1 Å². The molecule has 0 amide bonds. The molecule has 3 aromatic rings. The summed E-state index contributed by atoms with van der Waals surface area (Å²) in [5, 5.41) is 0. The Morgan fingerprint density at radius 3 is 2.54 bits per heavy atom. The van der Waals surface area contributed by atoms with Gasteiger partial charge in [-0.15, -0.1) is 0 Å². The molecule has 0 aliphatic carbocycles. The second-order valence-electron chi connectivity index (χ2n) is 6.35. The highest BCUT2D eigenvalue weighted by atomic mass is 79.9. The number of pyridine rings is 1. The smallest absolute Gasteiger partial charge is 0.312 e. The summed E-state index contributed by atoms with van der Waals surface area (Å²) in [5.74, 6) is -0.361. The molecule has 24 heavy (non-hydrogen) atoms. The fourth-order valence-corrected chi connectivity index (χ4v) is 3.64. The zero-order valence-electron chi connectivity index (χ0n) is 13.9. The van der Waals surface area contributed by atoms with Crippen LogP contribution in [0, 0.1) is 5.41 Å². The van der Waals surface area contributed by atoms with Crippen molar-refractivity contribution in [2.45, 2.75) is 19.8 Å². The van der Waals surface area contributed by atoms with Gasteiger partial charge >= 0.3 is 5.97 Å². The van der Waals surface area contributed by atoms with Crippen LogP contribution in [0.1, 0.15) is 30.9 Å². The van der Waals surface area contributed by atoms with E-state index in [2.05, 4.69) is 20.9 Å². The summed E-state index contributed by atoms with van der Waals surface area (Å²) in [4.78, 5) is 16.7. The predicted molar refractivity (Wildman–Crippen MR) is 97.0 cm³/mol. The molecular formula is C19H19BrN2O2. The van der Waals surface area contributed by atoms with E-state index in [9.17, 15) is 4.79 Å². The van der Waals surface area contributed by atoms with Crippen LogP contribution in [-0.2, 0) is 9.53 Å². The Morgan fingerprint density at radius 2 is 1.88 bits per heavy atom. The molecule has 1 unspecified atom stereocenters. The first kappa shape index (κ1) is 16.7. The SMILES string of the molecule is COC(=O)C(C)(C)C(c1ccccc1)c1ccc2c(Br)ncn2c1. The zero-order valence-corrected chi connectivity index (χ0v) is 15.4. The van der Waals surface area contributed by atoms with E-state index in [0.29, 0.717) is 0 Å². The highest BCUT2D eigenvalue weighted by Crippen LogP contribution is 2.42. The van der Waals surface area contributed by atoms with Gasteiger partial charge in [-0.25, -0.2) is 4.98 Å². The van der Waals surface area contributed by atoms with Gasteiger partial charge in [0.2, 0.25) is 0 Å². The van der Waals surface area contributed by atoms with Gasteiger partial charge in [-0.3, -0.25) is 4.79 Å². The van der Waals surface area contributed by atoms with Crippen LogP contribution in [0.2, 0.25) is 0 Å². The lowest BCUT2D eigenvalue weighted by atomic mass is 9.71. The van der Waals surface area contributed by atoms with Gasteiger partial charge < -0.3 is 9.14 Å². The Bertz CT molecular complexity index is 871. The largest absolute Gasteiger partial charge is 0.469 e. The average molecular weight is 387 g/mol. The first-order valence-electron chi connectivity index (χ1n) is 7.70. The molecule has 0 aliphatic rings. The number of methoxy groups -OCH3 is 1. The molecule has 0 saturated carbocycles. The number of nitrogens with zero attached hydrogens (tertiary/aromatic N) is 2. The number of carbonyl (C=O) groups excluding carboxylic acids is 1. The topological polar surface area (TPSA) is 43.6 Å². The first-order chi connectivity index (χ1) is 11.4. The van der Waals surface area contributed by atoms with E-state index in [1.54, 1.807) is 6.33 Å². The number of carbonyl (C=O) groups is 1. The normalized spacial score (nSPS) is 13.0. The summed E-state index contributed by atoms with van der Waals surface area (Å²) >= 11 is 3.44. The number of imidazole rings is 1. The van der Waals surface area contributed by atoms with Crippen molar-refractivity contribution in [1.82, 2.24) is 9.38 Å². The number of benzene rings is 1. The molecule has 1 atom stereocenters. The lowest BCUT2D eigenvalue weighted by molar-refractivity contribution is -0.151. The van der Waals surface area contributed by atoms with Crippen LogP contribution in [0.5, 0.6) is 0 Å².